The second kappa shape index (κ2) is 5.16. The van der Waals surface area contributed by atoms with E-state index in [0.717, 1.165) is 29.1 Å². The Hall–Kier alpha value is -0.640. The lowest BCUT2D eigenvalue weighted by Gasteiger charge is -2.26. The van der Waals surface area contributed by atoms with Gasteiger partial charge >= 0.3 is 0 Å². The lowest BCUT2D eigenvalue weighted by Crippen LogP contribution is -2.34. The maximum atomic E-state index is 6.03. The van der Waals surface area contributed by atoms with Crippen LogP contribution in [0.5, 0.6) is 0 Å². The van der Waals surface area contributed by atoms with Crippen molar-refractivity contribution in [3.05, 3.63) is 29.0 Å². The molecule has 0 saturated carbocycles. The number of rotatable bonds is 3. The van der Waals surface area contributed by atoms with Crippen LogP contribution in [-0.4, -0.2) is 35.6 Å². The third kappa shape index (κ3) is 2.27. The summed E-state index contributed by atoms with van der Waals surface area (Å²) in [6, 6.07) is 4.52. The Morgan fingerprint density at radius 1 is 1.50 bits per heavy atom. The largest absolute Gasteiger partial charge is 0.316 e. The van der Waals surface area contributed by atoms with Gasteiger partial charge in [0.05, 0.1) is 5.69 Å². The highest BCUT2D eigenvalue weighted by Gasteiger charge is 2.42. The van der Waals surface area contributed by atoms with Crippen LogP contribution < -0.4 is 5.32 Å². The van der Waals surface area contributed by atoms with E-state index in [2.05, 4.69) is 22.1 Å². The van der Waals surface area contributed by atoms with Crippen molar-refractivity contribution in [2.75, 3.05) is 19.6 Å². The van der Waals surface area contributed by atoms with Gasteiger partial charge in [-0.15, -0.1) is 0 Å². The number of aromatic nitrogens is 1. The standard InChI is InChI=1S/C14H20ClN3/c1-2-14-13-7-16-6-10(13)8-18(14)9-12-5-11(15)3-4-17-12/h3-5,10,13-14,16H,2,6-9H2,1H3. The second-order valence-electron chi connectivity index (χ2n) is 5.45. The van der Waals surface area contributed by atoms with Crippen molar-refractivity contribution in [3.63, 3.8) is 0 Å². The molecule has 1 aromatic rings. The van der Waals surface area contributed by atoms with Crippen molar-refractivity contribution in [1.82, 2.24) is 15.2 Å². The third-order valence-corrected chi connectivity index (χ3v) is 4.62. The average Bonchev–Trinajstić information content (AvgIpc) is 2.89. The molecule has 3 nitrogen and oxygen atoms in total. The predicted octanol–water partition coefficient (Wildman–Crippen LogP) is 2.16. The molecule has 2 aliphatic rings. The van der Waals surface area contributed by atoms with Crippen molar-refractivity contribution < 1.29 is 0 Å². The molecule has 2 saturated heterocycles. The van der Waals surface area contributed by atoms with Gasteiger partial charge < -0.3 is 5.32 Å². The first-order valence-electron chi connectivity index (χ1n) is 6.83. The van der Waals surface area contributed by atoms with Gasteiger partial charge in [0, 0.05) is 30.4 Å². The number of nitrogens with one attached hydrogen (secondary N) is 1. The Morgan fingerprint density at radius 3 is 3.17 bits per heavy atom. The van der Waals surface area contributed by atoms with E-state index in [4.69, 9.17) is 11.6 Å². The van der Waals surface area contributed by atoms with Crippen LogP contribution >= 0.6 is 11.6 Å². The van der Waals surface area contributed by atoms with E-state index in [-0.39, 0.29) is 0 Å². The van der Waals surface area contributed by atoms with Gasteiger partial charge in [0.2, 0.25) is 0 Å². The molecule has 0 aliphatic carbocycles. The zero-order valence-corrected chi connectivity index (χ0v) is 11.5. The highest BCUT2D eigenvalue weighted by Crippen LogP contribution is 2.35. The highest BCUT2D eigenvalue weighted by molar-refractivity contribution is 6.30. The SMILES string of the molecule is CCC1C2CNCC2CN1Cc1cc(Cl)ccn1. The first-order valence-corrected chi connectivity index (χ1v) is 7.21. The molecule has 18 heavy (non-hydrogen) atoms. The minimum atomic E-state index is 0.700. The van der Waals surface area contributed by atoms with Crippen molar-refractivity contribution in [2.45, 2.75) is 25.9 Å². The van der Waals surface area contributed by atoms with Crippen LogP contribution in [0.2, 0.25) is 5.02 Å². The molecule has 0 spiro atoms. The summed E-state index contributed by atoms with van der Waals surface area (Å²) in [5, 5.41) is 4.30. The monoisotopic (exact) mass is 265 g/mol. The molecule has 3 atom stereocenters. The van der Waals surface area contributed by atoms with E-state index in [9.17, 15) is 0 Å². The van der Waals surface area contributed by atoms with E-state index >= 15 is 0 Å². The van der Waals surface area contributed by atoms with Crippen LogP contribution in [0.4, 0.5) is 0 Å². The van der Waals surface area contributed by atoms with Crippen molar-refractivity contribution in [3.8, 4) is 0 Å². The molecule has 1 N–H and O–H groups in total. The summed E-state index contributed by atoms with van der Waals surface area (Å²) in [5.41, 5.74) is 1.09. The number of fused-ring (bicyclic) bond motifs is 1. The minimum Gasteiger partial charge on any atom is -0.316 e. The summed E-state index contributed by atoms with van der Waals surface area (Å²) in [5.74, 6) is 1.66. The maximum Gasteiger partial charge on any atom is 0.0558 e. The lowest BCUT2D eigenvalue weighted by molar-refractivity contribution is 0.208. The summed E-state index contributed by atoms with van der Waals surface area (Å²) < 4.78 is 0. The van der Waals surface area contributed by atoms with Crippen molar-refractivity contribution in [2.24, 2.45) is 11.8 Å². The summed E-state index contributed by atoms with van der Waals surface area (Å²) in [6.07, 6.45) is 3.03. The molecule has 2 fully saturated rings. The molecule has 3 heterocycles. The van der Waals surface area contributed by atoms with E-state index in [1.165, 1.54) is 26.1 Å². The number of nitrogens with zero attached hydrogens (tertiary/aromatic N) is 2. The summed E-state index contributed by atoms with van der Waals surface area (Å²) in [4.78, 5) is 7.02. The number of hydrogen-bond donors (Lipinski definition) is 1. The minimum absolute atomic E-state index is 0.700. The van der Waals surface area contributed by atoms with Crippen LogP contribution in [0.1, 0.15) is 19.0 Å². The lowest BCUT2D eigenvalue weighted by atomic mass is 9.93. The molecule has 3 unspecified atom stereocenters. The molecular weight excluding hydrogens is 246 g/mol. The van der Waals surface area contributed by atoms with E-state index in [1.54, 1.807) is 6.20 Å². The molecule has 0 aromatic carbocycles. The first kappa shape index (κ1) is 12.4. The predicted molar refractivity (Wildman–Crippen MR) is 73.6 cm³/mol. The third-order valence-electron chi connectivity index (χ3n) is 4.39. The molecule has 0 amide bonds. The van der Waals surface area contributed by atoms with Crippen molar-refractivity contribution >= 4 is 11.6 Å². The summed E-state index contributed by atoms with van der Waals surface area (Å²) in [7, 11) is 0. The number of halogens is 1. The maximum absolute atomic E-state index is 6.03. The van der Waals surface area contributed by atoms with E-state index in [1.807, 2.05) is 12.1 Å². The van der Waals surface area contributed by atoms with Gasteiger partial charge in [0.25, 0.3) is 0 Å². The zero-order chi connectivity index (χ0) is 12.5. The highest BCUT2D eigenvalue weighted by atomic mass is 35.5. The van der Waals surface area contributed by atoms with Gasteiger partial charge in [-0.3, -0.25) is 9.88 Å². The van der Waals surface area contributed by atoms with Gasteiger partial charge in [-0.05, 0) is 43.5 Å². The van der Waals surface area contributed by atoms with Crippen LogP contribution in [0.15, 0.2) is 18.3 Å². The Balaban J connectivity index is 1.73. The average molecular weight is 266 g/mol. The fraction of sp³-hybridized carbons (Fsp3) is 0.643. The van der Waals surface area contributed by atoms with Crippen LogP contribution in [0, 0.1) is 11.8 Å². The van der Waals surface area contributed by atoms with Gasteiger partial charge in [-0.1, -0.05) is 18.5 Å². The van der Waals surface area contributed by atoms with Gasteiger partial charge in [0.15, 0.2) is 0 Å². The Bertz CT molecular complexity index is 423. The second-order valence-corrected chi connectivity index (χ2v) is 5.89. The Labute approximate surface area is 114 Å². The normalized spacial score (nSPS) is 31.8. The van der Waals surface area contributed by atoms with Crippen LogP contribution in [-0.2, 0) is 6.54 Å². The molecule has 98 valence electrons. The fourth-order valence-corrected chi connectivity index (χ4v) is 3.78. The number of pyridine rings is 1. The summed E-state index contributed by atoms with van der Waals surface area (Å²) >= 11 is 6.03. The molecule has 1 aromatic heterocycles. The topological polar surface area (TPSA) is 28.2 Å². The number of hydrogen-bond acceptors (Lipinski definition) is 3. The first-order chi connectivity index (χ1) is 8.78. The van der Waals surface area contributed by atoms with E-state index in [0.29, 0.717) is 6.04 Å². The number of likely N-dealkylation sites (tertiary alicyclic amines) is 1. The van der Waals surface area contributed by atoms with Gasteiger partial charge in [0.1, 0.15) is 0 Å². The summed E-state index contributed by atoms with van der Waals surface area (Å²) in [6.45, 7) is 6.80. The van der Waals surface area contributed by atoms with Gasteiger partial charge in [-0.2, -0.15) is 0 Å². The molecule has 0 radical (unpaired) electrons. The molecule has 3 rings (SSSR count). The molecular formula is C14H20ClN3. The zero-order valence-electron chi connectivity index (χ0n) is 10.8. The van der Waals surface area contributed by atoms with Crippen molar-refractivity contribution in [1.29, 1.82) is 0 Å². The Morgan fingerprint density at radius 2 is 2.39 bits per heavy atom. The van der Waals surface area contributed by atoms with E-state index < -0.39 is 0 Å². The molecule has 4 heteroatoms. The smallest absolute Gasteiger partial charge is 0.0558 e. The fourth-order valence-electron chi connectivity index (χ4n) is 3.60. The molecule has 0 bridgehead atoms. The molecule has 2 aliphatic heterocycles. The van der Waals surface area contributed by atoms with Crippen LogP contribution in [0.3, 0.4) is 0 Å². The van der Waals surface area contributed by atoms with Crippen LogP contribution in [0.25, 0.3) is 0 Å². The quantitative estimate of drug-likeness (QED) is 0.908. The Kier molecular flexibility index (Phi) is 3.55. The van der Waals surface area contributed by atoms with Gasteiger partial charge in [-0.25, -0.2) is 0 Å².